The summed E-state index contributed by atoms with van der Waals surface area (Å²) in [6, 6.07) is -0.0119. The van der Waals surface area contributed by atoms with E-state index in [1.807, 2.05) is 13.8 Å². The molecule has 0 radical (unpaired) electrons. The first-order valence-electron chi connectivity index (χ1n) is 5.02. The number of rotatable bonds is 4. The second kappa shape index (κ2) is 4.93. The lowest BCUT2D eigenvalue weighted by atomic mass is 10.1. The van der Waals surface area contributed by atoms with Gasteiger partial charge in [-0.25, -0.2) is 4.98 Å². The molecule has 0 saturated carbocycles. The van der Waals surface area contributed by atoms with Crippen molar-refractivity contribution in [3.63, 3.8) is 0 Å². The Balaban J connectivity index is 2.47. The van der Waals surface area contributed by atoms with Crippen molar-refractivity contribution in [2.24, 2.45) is 18.7 Å². The maximum absolute atomic E-state index is 11.6. The van der Waals surface area contributed by atoms with Gasteiger partial charge in [-0.2, -0.15) is 0 Å². The van der Waals surface area contributed by atoms with Crippen LogP contribution < -0.4 is 11.1 Å². The van der Waals surface area contributed by atoms with E-state index in [1.54, 1.807) is 17.9 Å². The van der Waals surface area contributed by atoms with Crippen LogP contribution in [0.1, 0.15) is 24.3 Å². The number of imidazole rings is 1. The smallest absolute Gasteiger partial charge is 0.269 e. The second-order valence-electron chi connectivity index (χ2n) is 4.01. The number of nitrogens with zero attached hydrogens (tertiary/aromatic N) is 2. The molecule has 0 aliphatic carbocycles. The molecular formula is C10H18N4O. The van der Waals surface area contributed by atoms with E-state index in [2.05, 4.69) is 10.3 Å². The fraction of sp³-hybridized carbons (Fsp3) is 0.600. The zero-order chi connectivity index (χ0) is 11.4. The van der Waals surface area contributed by atoms with E-state index in [9.17, 15) is 4.79 Å². The van der Waals surface area contributed by atoms with Gasteiger partial charge in [-0.15, -0.1) is 0 Å². The molecule has 0 spiro atoms. The number of carbonyl (C=O) groups excluding carboxylic acids is 1. The average Bonchev–Trinajstić information content (AvgIpc) is 2.60. The first-order valence-corrected chi connectivity index (χ1v) is 5.02. The van der Waals surface area contributed by atoms with Crippen molar-refractivity contribution < 1.29 is 4.79 Å². The summed E-state index contributed by atoms with van der Waals surface area (Å²) >= 11 is 0. The number of aryl methyl sites for hydroxylation is 1. The molecule has 1 aromatic rings. The third-order valence-corrected chi connectivity index (χ3v) is 2.40. The molecule has 0 saturated heterocycles. The van der Waals surface area contributed by atoms with Crippen LogP contribution in [0.3, 0.4) is 0 Å². The molecular weight excluding hydrogens is 192 g/mol. The van der Waals surface area contributed by atoms with Gasteiger partial charge in [-0.05, 0) is 5.92 Å². The normalized spacial score (nSPS) is 12.9. The number of hydrogen-bond donors (Lipinski definition) is 2. The van der Waals surface area contributed by atoms with Crippen LogP contribution in [0, 0.1) is 5.92 Å². The van der Waals surface area contributed by atoms with Gasteiger partial charge < -0.3 is 15.6 Å². The first kappa shape index (κ1) is 11.7. The van der Waals surface area contributed by atoms with Crippen LogP contribution in [-0.4, -0.2) is 28.0 Å². The zero-order valence-electron chi connectivity index (χ0n) is 9.40. The van der Waals surface area contributed by atoms with Gasteiger partial charge in [0, 0.05) is 19.6 Å². The molecule has 1 amide bonds. The van der Waals surface area contributed by atoms with E-state index in [0.29, 0.717) is 18.2 Å². The molecule has 15 heavy (non-hydrogen) atoms. The van der Waals surface area contributed by atoms with Crippen LogP contribution >= 0.6 is 0 Å². The van der Waals surface area contributed by atoms with Crippen LogP contribution in [0.2, 0.25) is 0 Å². The highest BCUT2D eigenvalue weighted by molar-refractivity contribution is 5.92. The van der Waals surface area contributed by atoms with Gasteiger partial charge in [0.2, 0.25) is 0 Å². The highest BCUT2D eigenvalue weighted by atomic mass is 16.1. The molecule has 0 aliphatic heterocycles. The highest BCUT2D eigenvalue weighted by Crippen LogP contribution is 1.98. The number of nitrogens with one attached hydrogen (secondary N) is 1. The van der Waals surface area contributed by atoms with Crippen molar-refractivity contribution in [3.05, 3.63) is 18.2 Å². The molecule has 1 heterocycles. The molecule has 5 heteroatoms. The zero-order valence-corrected chi connectivity index (χ0v) is 9.40. The lowest BCUT2D eigenvalue weighted by molar-refractivity contribution is 0.0941. The van der Waals surface area contributed by atoms with E-state index in [1.165, 1.54) is 6.20 Å². The molecule has 1 rings (SSSR count). The summed E-state index contributed by atoms with van der Waals surface area (Å²) < 4.78 is 1.68. The average molecular weight is 210 g/mol. The van der Waals surface area contributed by atoms with E-state index in [4.69, 9.17) is 5.73 Å². The van der Waals surface area contributed by atoms with Crippen molar-refractivity contribution in [3.8, 4) is 0 Å². The third kappa shape index (κ3) is 3.06. The molecule has 0 bridgehead atoms. The summed E-state index contributed by atoms with van der Waals surface area (Å²) in [5.74, 6) is 0.225. The van der Waals surface area contributed by atoms with Crippen molar-refractivity contribution in [1.82, 2.24) is 14.9 Å². The summed E-state index contributed by atoms with van der Waals surface area (Å²) in [5.41, 5.74) is 6.37. The topological polar surface area (TPSA) is 72.9 Å². The highest BCUT2D eigenvalue weighted by Gasteiger charge is 2.12. The van der Waals surface area contributed by atoms with Crippen LogP contribution in [-0.2, 0) is 7.05 Å². The summed E-state index contributed by atoms with van der Waals surface area (Å²) in [4.78, 5) is 15.5. The Morgan fingerprint density at radius 1 is 1.67 bits per heavy atom. The SMILES string of the molecule is CC(C)C(N)CNC(=O)c1cncn1C. The van der Waals surface area contributed by atoms with E-state index in [-0.39, 0.29) is 11.9 Å². The van der Waals surface area contributed by atoms with Crippen molar-refractivity contribution in [1.29, 1.82) is 0 Å². The van der Waals surface area contributed by atoms with Crippen LogP contribution in [0.4, 0.5) is 0 Å². The van der Waals surface area contributed by atoms with E-state index in [0.717, 1.165) is 0 Å². The van der Waals surface area contributed by atoms with Crippen molar-refractivity contribution in [2.75, 3.05) is 6.54 Å². The van der Waals surface area contributed by atoms with Crippen LogP contribution in [0.5, 0.6) is 0 Å². The maximum atomic E-state index is 11.6. The number of nitrogens with two attached hydrogens (primary N) is 1. The number of carbonyl (C=O) groups is 1. The molecule has 0 fully saturated rings. The van der Waals surface area contributed by atoms with Gasteiger partial charge in [-0.3, -0.25) is 4.79 Å². The largest absolute Gasteiger partial charge is 0.349 e. The van der Waals surface area contributed by atoms with Gasteiger partial charge in [0.05, 0.1) is 12.5 Å². The Kier molecular flexibility index (Phi) is 3.85. The summed E-state index contributed by atoms with van der Waals surface area (Å²) in [6.45, 7) is 4.55. The predicted molar refractivity (Wildman–Crippen MR) is 58.4 cm³/mol. The maximum Gasteiger partial charge on any atom is 0.269 e. The molecule has 0 aliphatic rings. The minimum absolute atomic E-state index is 0.0119. The number of amides is 1. The summed E-state index contributed by atoms with van der Waals surface area (Å²) in [6.07, 6.45) is 3.13. The Morgan fingerprint density at radius 2 is 2.33 bits per heavy atom. The third-order valence-electron chi connectivity index (χ3n) is 2.40. The van der Waals surface area contributed by atoms with Crippen molar-refractivity contribution >= 4 is 5.91 Å². The summed E-state index contributed by atoms with van der Waals surface area (Å²) in [7, 11) is 1.78. The Bertz CT molecular complexity index is 332. The van der Waals surface area contributed by atoms with Crippen molar-refractivity contribution in [2.45, 2.75) is 19.9 Å². The second-order valence-corrected chi connectivity index (χ2v) is 4.01. The van der Waals surface area contributed by atoms with Gasteiger partial charge in [0.25, 0.3) is 5.91 Å². The Morgan fingerprint density at radius 3 is 2.80 bits per heavy atom. The number of aromatic nitrogens is 2. The monoisotopic (exact) mass is 210 g/mol. The molecule has 1 unspecified atom stereocenters. The van der Waals surface area contributed by atoms with Crippen LogP contribution in [0.15, 0.2) is 12.5 Å². The predicted octanol–water partition coefficient (Wildman–Crippen LogP) is 0.133. The van der Waals surface area contributed by atoms with Gasteiger partial charge in [0.15, 0.2) is 0 Å². The van der Waals surface area contributed by atoms with Gasteiger partial charge >= 0.3 is 0 Å². The Labute approximate surface area is 89.7 Å². The van der Waals surface area contributed by atoms with Crippen LogP contribution in [0.25, 0.3) is 0 Å². The quantitative estimate of drug-likeness (QED) is 0.742. The fourth-order valence-corrected chi connectivity index (χ4v) is 1.11. The molecule has 1 atom stereocenters. The molecule has 1 aromatic heterocycles. The molecule has 84 valence electrons. The molecule has 0 aromatic carbocycles. The Hall–Kier alpha value is -1.36. The standard InChI is InChI=1S/C10H18N4O/c1-7(2)8(11)4-13-10(15)9-5-12-6-14(9)3/h5-8H,4,11H2,1-3H3,(H,13,15). The fourth-order valence-electron chi connectivity index (χ4n) is 1.11. The summed E-state index contributed by atoms with van der Waals surface area (Å²) in [5, 5.41) is 2.78. The van der Waals surface area contributed by atoms with E-state index >= 15 is 0 Å². The minimum Gasteiger partial charge on any atom is -0.349 e. The molecule has 5 nitrogen and oxygen atoms in total. The van der Waals surface area contributed by atoms with E-state index < -0.39 is 0 Å². The van der Waals surface area contributed by atoms with Gasteiger partial charge in [0.1, 0.15) is 5.69 Å². The lowest BCUT2D eigenvalue weighted by Gasteiger charge is -2.15. The lowest BCUT2D eigenvalue weighted by Crippen LogP contribution is -2.40. The minimum atomic E-state index is -0.133. The first-order chi connectivity index (χ1) is 7.02. The number of hydrogen-bond acceptors (Lipinski definition) is 3. The molecule has 3 N–H and O–H groups in total. The van der Waals surface area contributed by atoms with Gasteiger partial charge in [-0.1, -0.05) is 13.8 Å².